The zero-order valence-electron chi connectivity index (χ0n) is 19.0. The standard InChI is InChI=1S/C22H22F4N4O2S.CH4O/c23-13-4-2-5-14(24)18(13)12-3-1-6-15-19(12)20(27-32-15)30-10-17-22(25,26)16(9-29(17)21(30)31)28-33-11-7-8-11;1-2/h1,4,6,11-12,16-17,28H,2-3,5,7-10H2;2H,1H3/t12?,16-,17-;/m1./s1. The number of allylic oxidation sites excluding steroid dienone is 5. The van der Waals surface area contributed by atoms with Gasteiger partial charge in [0.2, 0.25) is 0 Å². The maximum absolute atomic E-state index is 15.2. The Kier molecular flexibility index (Phi) is 6.47. The lowest BCUT2D eigenvalue weighted by Crippen LogP contribution is -2.47. The Hall–Kier alpha value is -2.31. The molecule has 35 heavy (non-hydrogen) atoms. The second-order valence-electron chi connectivity index (χ2n) is 9.11. The van der Waals surface area contributed by atoms with Crippen LogP contribution in [-0.2, 0) is 0 Å². The zero-order chi connectivity index (χ0) is 24.9. The van der Waals surface area contributed by atoms with Crippen LogP contribution in [0.1, 0.15) is 49.3 Å². The number of hydrogen-bond donors (Lipinski definition) is 2. The molecule has 3 atom stereocenters. The number of nitrogens with zero attached hydrogens (tertiary/aromatic N) is 3. The van der Waals surface area contributed by atoms with Crippen LogP contribution in [0.2, 0.25) is 0 Å². The van der Waals surface area contributed by atoms with Crippen LogP contribution >= 0.6 is 11.9 Å². The van der Waals surface area contributed by atoms with Gasteiger partial charge in [0.05, 0.1) is 12.1 Å². The van der Waals surface area contributed by atoms with E-state index in [-0.39, 0.29) is 43.1 Å². The molecule has 2 N–H and O–H groups in total. The highest BCUT2D eigenvalue weighted by Crippen LogP contribution is 2.49. The average molecular weight is 515 g/mol. The van der Waals surface area contributed by atoms with Crippen molar-refractivity contribution in [1.29, 1.82) is 0 Å². The topological polar surface area (TPSA) is 81.8 Å². The van der Waals surface area contributed by atoms with Crippen molar-refractivity contribution < 1.29 is 32.0 Å². The fraction of sp³-hybridized carbons (Fsp3) is 0.565. The molecule has 3 heterocycles. The predicted octanol–water partition coefficient (Wildman–Crippen LogP) is 4.68. The van der Waals surface area contributed by atoms with Gasteiger partial charge in [0.15, 0.2) is 11.6 Å². The smallest absolute Gasteiger partial charge is 0.326 e. The third kappa shape index (κ3) is 4.09. The van der Waals surface area contributed by atoms with Crippen molar-refractivity contribution in [3.05, 3.63) is 40.7 Å². The number of carbonyl (C=O) groups excluding carboxylic acids is 1. The molecule has 12 heteroatoms. The van der Waals surface area contributed by atoms with Crippen molar-refractivity contribution in [2.75, 3.05) is 25.1 Å². The number of anilines is 1. The van der Waals surface area contributed by atoms with Crippen LogP contribution in [0, 0.1) is 0 Å². The maximum Gasteiger partial charge on any atom is 0.326 e. The summed E-state index contributed by atoms with van der Waals surface area (Å²) in [6, 6.07) is -3.03. The van der Waals surface area contributed by atoms with Gasteiger partial charge in [0, 0.05) is 36.8 Å². The predicted molar refractivity (Wildman–Crippen MR) is 123 cm³/mol. The van der Waals surface area contributed by atoms with Gasteiger partial charge in [-0.3, -0.25) is 9.62 Å². The summed E-state index contributed by atoms with van der Waals surface area (Å²) in [7, 11) is 1.00. The molecule has 1 unspecified atom stereocenters. The third-order valence-corrected chi connectivity index (χ3v) is 8.19. The molecule has 7 nitrogen and oxygen atoms in total. The second-order valence-corrected chi connectivity index (χ2v) is 10.2. The van der Waals surface area contributed by atoms with Gasteiger partial charge in [0.1, 0.15) is 23.7 Å². The third-order valence-electron chi connectivity index (χ3n) is 6.97. The summed E-state index contributed by atoms with van der Waals surface area (Å²) in [6.45, 7) is -0.388. The Morgan fingerprint density at radius 1 is 1.26 bits per heavy atom. The molecule has 0 radical (unpaired) electrons. The van der Waals surface area contributed by atoms with Crippen LogP contribution in [0.3, 0.4) is 0 Å². The highest BCUT2D eigenvalue weighted by atomic mass is 32.2. The molecule has 6 rings (SSSR count). The van der Waals surface area contributed by atoms with E-state index in [4.69, 9.17) is 9.63 Å². The lowest BCUT2D eigenvalue weighted by atomic mass is 9.81. The number of carbonyl (C=O) groups is 1. The number of aliphatic hydroxyl groups is 1. The minimum absolute atomic E-state index is 0.0603. The van der Waals surface area contributed by atoms with E-state index in [1.165, 1.54) is 27.8 Å². The van der Waals surface area contributed by atoms with Crippen LogP contribution in [0.5, 0.6) is 0 Å². The van der Waals surface area contributed by atoms with Crippen LogP contribution in [0.25, 0.3) is 6.08 Å². The highest BCUT2D eigenvalue weighted by Gasteiger charge is 2.63. The van der Waals surface area contributed by atoms with Crippen molar-refractivity contribution >= 4 is 29.9 Å². The molecule has 190 valence electrons. The van der Waals surface area contributed by atoms with E-state index >= 15 is 8.78 Å². The molecule has 2 amide bonds. The van der Waals surface area contributed by atoms with E-state index in [1.54, 1.807) is 12.2 Å². The first-order valence-electron chi connectivity index (χ1n) is 11.6. The van der Waals surface area contributed by atoms with Crippen molar-refractivity contribution in [3.8, 4) is 0 Å². The van der Waals surface area contributed by atoms with Crippen LogP contribution in [-0.4, -0.2) is 64.6 Å². The Bertz CT molecular complexity index is 1100. The minimum atomic E-state index is -3.12. The number of hydrogen-bond acceptors (Lipinski definition) is 6. The van der Waals surface area contributed by atoms with Gasteiger partial charge < -0.3 is 14.5 Å². The van der Waals surface area contributed by atoms with E-state index in [9.17, 15) is 13.6 Å². The summed E-state index contributed by atoms with van der Waals surface area (Å²) < 4.78 is 67.8. The molecular formula is C23H26F4N4O3S. The molecular weight excluding hydrogens is 488 g/mol. The SMILES string of the molecule is CO.O=C1N(c2noc3c2C(C2=C(F)CCC=C2F)CC=C3)C[C@H]2N1C[C@@H](NSC1CC1)C2(F)F. The number of aromatic nitrogens is 1. The Labute approximate surface area is 204 Å². The van der Waals surface area contributed by atoms with Crippen molar-refractivity contribution in [3.63, 3.8) is 0 Å². The summed E-state index contributed by atoms with van der Waals surface area (Å²) in [5, 5.41) is 11.3. The van der Waals surface area contributed by atoms with Crippen molar-refractivity contribution in [1.82, 2.24) is 14.8 Å². The van der Waals surface area contributed by atoms with Gasteiger partial charge in [-0.05, 0) is 37.8 Å². The first-order chi connectivity index (χ1) is 16.9. The Balaban J connectivity index is 0.00000124. The number of urea groups is 1. The van der Waals surface area contributed by atoms with Gasteiger partial charge in [0.25, 0.3) is 5.92 Å². The summed E-state index contributed by atoms with van der Waals surface area (Å²) >= 11 is 1.32. The van der Waals surface area contributed by atoms with Crippen molar-refractivity contribution in [2.45, 2.75) is 61.3 Å². The Morgan fingerprint density at radius 3 is 2.71 bits per heavy atom. The first kappa shape index (κ1) is 24.4. The lowest BCUT2D eigenvalue weighted by molar-refractivity contribution is -0.0319. The fourth-order valence-electron chi connectivity index (χ4n) is 5.07. The molecule has 1 saturated carbocycles. The molecule has 0 aromatic carbocycles. The van der Waals surface area contributed by atoms with Gasteiger partial charge in [-0.15, -0.1) is 0 Å². The lowest BCUT2D eigenvalue weighted by Gasteiger charge is -2.26. The second kappa shape index (κ2) is 9.29. The normalized spacial score (nSPS) is 29.1. The molecule has 2 aliphatic heterocycles. The van der Waals surface area contributed by atoms with Crippen LogP contribution in [0.4, 0.5) is 28.2 Å². The number of amides is 2. The molecule has 5 aliphatic rings. The molecule has 3 aliphatic carbocycles. The quantitative estimate of drug-likeness (QED) is 0.439. The summed E-state index contributed by atoms with van der Waals surface area (Å²) in [5.41, 5.74) is 0.292. The average Bonchev–Trinajstić information content (AvgIpc) is 3.40. The maximum atomic E-state index is 15.2. The monoisotopic (exact) mass is 514 g/mol. The summed E-state index contributed by atoms with van der Waals surface area (Å²) in [5.74, 6) is -4.70. The summed E-state index contributed by atoms with van der Waals surface area (Å²) in [4.78, 5) is 15.5. The fourth-order valence-corrected chi connectivity index (χ4v) is 6.03. The van der Waals surface area contributed by atoms with E-state index in [0.29, 0.717) is 17.2 Å². The Morgan fingerprint density at radius 2 is 2.03 bits per heavy atom. The number of fused-ring (bicyclic) bond motifs is 2. The zero-order valence-corrected chi connectivity index (χ0v) is 19.8. The molecule has 0 bridgehead atoms. The van der Waals surface area contributed by atoms with Crippen LogP contribution < -0.4 is 9.62 Å². The van der Waals surface area contributed by atoms with Gasteiger partial charge in [-0.25, -0.2) is 22.4 Å². The molecule has 3 fully saturated rings. The van der Waals surface area contributed by atoms with E-state index in [0.717, 1.165) is 20.0 Å². The first-order valence-corrected chi connectivity index (χ1v) is 12.5. The van der Waals surface area contributed by atoms with E-state index in [1.807, 2.05) is 0 Å². The number of rotatable bonds is 5. The van der Waals surface area contributed by atoms with E-state index < -0.39 is 41.6 Å². The molecule has 0 spiro atoms. The molecule has 2 saturated heterocycles. The minimum Gasteiger partial charge on any atom is -0.400 e. The molecule has 1 aromatic heterocycles. The summed E-state index contributed by atoms with van der Waals surface area (Å²) in [6.07, 6.45) is 7.39. The highest BCUT2D eigenvalue weighted by molar-refractivity contribution is 7.98. The number of halogens is 4. The molecule has 1 aromatic rings. The number of aliphatic hydroxyl groups excluding tert-OH is 1. The van der Waals surface area contributed by atoms with Gasteiger partial charge in [-0.1, -0.05) is 23.2 Å². The van der Waals surface area contributed by atoms with Gasteiger partial charge >= 0.3 is 6.03 Å². The number of nitrogens with one attached hydrogen (secondary N) is 1. The van der Waals surface area contributed by atoms with Gasteiger partial charge in [-0.2, -0.15) is 0 Å². The van der Waals surface area contributed by atoms with Crippen LogP contribution in [0.15, 0.2) is 33.9 Å². The van der Waals surface area contributed by atoms with Crippen molar-refractivity contribution in [2.24, 2.45) is 0 Å². The van der Waals surface area contributed by atoms with E-state index in [2.05, 4.69) is 9.88 Å². The number of alkyl halides is 2. The largest absolute Gasteiger partial charge is 0.400 e.